The number of rotatable bonds is 0. The molecule has 14 heavy (non-hydrogen) atoms. The molecule has 0 bridgehead atoms. The van der Waals surface area contributed by atoms with E-state index in [2.05, 4.69) is 0 Å². The van der Waals surface area contributed by atoms with E-state index in [1.807, 2.05) is 0 Å². The second-order valence-electron chi connectivity index (χ2n) is 0.757. The Bertz CT molecular complexity index is 82.2. The third-order valence-electron chi connectivity index (χ3n) is 0. The van der Waals surface area contributed by atoms with E-state index in [1.54, 1.807) is 0 Å². The molecule has 11 nitrogen and oxygen atoms in total. The fourth-order valence-electron chi connectivity index (χ4n) is 0. The topological polar surface area (TPSA) is 268 Å². The molecule has 0 aliphatic carbocycles. The summed E-state index contributed by atoms with van der Waals surface area (Å²) in [5, 5.41) is 21.1. The Hall–Kier alpha value is -1.02. The zero-order valence-electron chi connectivity index (χ0n) is 7.29. The third kappa shape index (κ3) is 1040. The van der Waals surface area contributed by atoms with Crippen LogP contribution in [0.15, 0.2) is 0 Å². The molecule has 0 atom stereocenters. The van der Waals surface area contributed by atoms with Gasteiger partial charge in [0.1, 0.15) is 0 Å². The number of hydrogen-bond acceptors (Lipinski definition) is 3. The average Bonchev–Trinajstić information content (AvgIpc) is 1.25. The first-order valence-electron chi connectivity index (χ1n) is 1.49. The van der Waals surface area contributed by atoms with E-state index < -0.39 is 11.1 Å². The summed E-state index contributed by atoms with van der Waals surface area (Å²) < 4.78 is 0. The number of nitrogens with zero attached hydrogens (tertiary/aromatic N) is 1. The van der Waals surface area contributed by atoms with Crippen LogP contribution >= 0.6 is 0 Å². The van der Waals surface area contributed by atoms with Crippen molar-refractivity contribution in [2.24, 2.45) is 0 Å². The summed E-state index contributed by atoms with van der Waals surface area (Å²) in [7, 11) is 0. The third-order valence-corrected chi connectivity index (χ3v) is 0. The van der Waals surface area contributed by atoms with Gasteiger partial charge in [-0.15, -0.1) is 10.1 Å². The Morgan fingerprint density at radius 2 is 1.14 bits per heavy atom. The maximum Gasteiger partial charge on any atom is 0.300 e. The standard InChI is InChI=1S/C2H4O2.Co.HNO3.5H2N/c1-2(3)4;;2-1(3)4;;;;;/h1H3,(H,3,4);;(H,2,3,4);5*1H2/q;;;5*-1. The van der Waals surface area contributed by atoms with Gasteiger partial charge in [0.25, 0.3) is 11.1 Å². The molecule has 0 aromatic heterocycles. The van der Waals surface area contributed by atoms with E-state index in [0.29, 0.717) is 0 Å². The molecule has 0 aromatic carbocycles. The number of carboxylic acids is 1. The molecule has 0 spiro atoms. The largest absolute Gasteiger partial charge is 0.693 e. The van der Waals surface area contributed by atoms with Gasteiger partial charge < -0.3 is 41.1 Å². The smallest absolute Gasteiger partial charge is 0.300 e. The van der Waals surface area contributed by atoms with Crippen molar-refractivity contribution >= 4 is 5.97 Å². The van der Waals surface area contributed by atoms with Gasteiger partial charge in [-0.25, -0.2) is 0 Å². The Morgan fingerprint density at radius 1 is 1.14 bits per heavy atom. The van der Waals surface area contributed by atoms with E-state index in [-0.39, 0.29) is 47.5 Å². The molecule has 0 aromatic rings. The van der Waals surface area contributed by atoms with Crippen molar-refractivity contribution in [2.45, 2.75) is 6.92 Å². The second-order valence-corrected chi connectivity index (χ2v) is 0.757. The van der Waals surface area contributed by atoms with Crippen molar-refractivity contribution in [3.05, 3.63) is 40.9 Å². The molecule has 0 rings (SSSR count). The van der Waals surface area contributed by atoms with Crippen molar-refractivity contribution in [3.8, 4) is 0 Å². The Kier molecular flexibility index (Phi) is 313. The summed E-state index contributed by atoms with van der Waals surface area (Å²) in [6, 6.07) is 0. The minimum Gasteiger partial charge on any atom is -0.693 e. The van der Waals surface area contributed by atoms with Gasteiger partial charge >= 0.3 is 0 Å². The molecule has 0 saturated carbocycles. The van der Waals surface area contributed by atoms with E-state index in [9.17, 15) is 0 Å². The van der Waals surface area contributed by atoms with Crippen LogP contribution in [0.5, 0.6) is 0 Å². The molecule has 0 amide bonds. The quantitative estimate of drug-likeness (QED) is 0.488. The molecule has 97 valence electrons. The van der Waals surface area contributed by atoms with Crippen molar-refractivity contribution in [1.29, 1.82) is 0 Å². The van der Waals surface area contributed by atoms with Crippen LogP contribution in [0.3, 0.4) is 0 Å². The van der Waals surface area contributed by atoms with Crippen LogP contribution in [0.1, 0.15) is 6.92 Å². The van der Waals surface area contributed by atoms with E-state index in [0.717, 1.165) is 6.92 Å². The zero-order chi connectivity index (χ0) is 7.15. The maximum absolute atomic E-state index is 9.00. The van der Waals surface area contributed by atoms with E-state index in [4.69, 9.17) is 25.2 Å². The van der Waals surface area contributed by atoms with Crippen LogP contribution in [0.25, 0.3) is 30.8 Å². The van der Waals surface area contributed by atoms with Crippen LogP contribution < -0.4 is 0 Å². The first kappa shape index (κ1) is 75.2. The fourth-order valence-corrected chi connectivity index (χ4v) is 0. The summed E-state index contributed by atoms with van der Waals surface area (Å²) in [4.78, 5) is 17.4. The molecule has 12 heteroatoms. The van der Waals surface area contributed by atoms with Gasteiger partial charge in [-0.3, -0.25) is 4.79 Å². The minimum absolute atomic E-state index is 0. The van der Waals surface area contributed by atoms with Gasteiger partial charge in [0.15, 0.2) is 0 Å². The summed E-state index contributed by atoms with van der Waals surface area (Å²) >= 11 is 0. The summed E-state index contributed by atoms with van der Waals surface area (Å²) in [5.74, 6) is -0.833. The number of nitrogens with two attached hydrogens (primary N) is 5. The summed E-state index contributed by atoms with van der Waals surface area (Å²) in [6.45, 7) is 1.08. The molecule has 1 radical (unpaired) electrons. The molecular formula is C2H15CoN6O5-5. The predicted molar refractivity (Wildman–Crippen MR) is 48.5 cm³/mol. The minimum atomic E-state index is -1.50. The van der Waals surface area contributed by atoms with Gasteiger partial charge in [-0.05, 0) is 0 Å². The first-order valence-corrected chi connectivity index (χ1v) is 1.49. The Labute approximate surface area is 91.5 Å². The molecule has 12 N–H and O–H groups in total. The van der Waals surface area contributed by atoms with Crippen molar-refractivity contribution in [2.75, 3.05) is 0 Å². The van der Waals surface area contributed by atoms with E-state index >= 15 is 0 Å². The number of aliphatic carboxylic acids is 1. The summed E-state index contributed by atoms with van der Waals surface area (Å²) in [6.07, 6.45) is 0. The average molecular weight is 262 g/mol. The number of carboxylic acid groups (broad SMARTS) is 1. The van der Waals surface area contributed by atoms with Gasteiger partial charge in [0, 0.05) is 23.7 Å². The Balaban J connectivity index is -0.00000000600. The fraction of sp³-hybridized carbons (Fsp3) is 0.500. The van der Waals surface area contributed by atoms with Gasteiger partial charge in [0.2, 0.25) is 0 Å². The molecule has 0 unspecified atom stereocenters. The van der Waals surface area contributed by atoms with Gasteiger partial charge in [0.05, 0.1) is 0 Å². The number of hydrogen-bond donors (Lipinski definition) is 2. The molecular weight excluding hydrogens is 247 g/mol. The molecule has 0 saturated heterocycles. The Morgan fingerprint density at radius 3 is 1.14 bits per heavy atom. The van der Waals surface area contributed by atoms with Crippen LogP contribution in [-0.2, 0) is 21.6 Å². The molecule has 0 aliphatic rings. The zero-order valence-corrected chi connectivity index (χ0v) is 8.33. The van der Waals surface area contributed by atoms with Crippen LogP contribution in [0.4, 0.5) is 0 Å². The second kappa shape index (κ2) is 58.3. The van der Waals surface area contributed by atoms with Crippen molar-refractivity contribution in [3.63, 3.8) is 0 Å². The monoisotopic (exact) mass is 262 g/mol. The molecule has 0 fully saturated rings. The van der Waals surface area contributed by atoms with E-state index in [1.165, 1.54) is 0 Å². The maximum atomic E-state index is 9.00. The summed E-state index contributed by atoms with van der Waals surface area (Å²) in [5.41, 5.74) is 0. The van der Waals surface area contributed by atoms with Crippen LogP contribution in [0, 0.1) is 10.1 Å². The van der Waals surface area contributed by atoms with Crippen LogP contribution in [0.2, 0.25) is 0 Å². The predicted octanol–water partition coefficient (Wildman–Crippen LogP) is 3.33. The van der Waals surface area contributed by atoms with Crippen molar-refractivity contribution in [1.82, 2.24) is 0 Å². The molecule has 0 aliphatic heterocycles. The molecule has 0 heterocycles. The van der Waals surface area contributed by atoms with Gasteiger partial charge in [-0.2, -0.15) is 0 Å². The van der Waals surface area contributed by atoms with Crippen LogP contribution in [-0.4, -0.2) is 21.4 Å². The van der Waals surface area contributed by atoms with Gasteiger partial charge in [-0.1, -0.05) is 0 Å². The number of carbonyl (C=O) groups is 1. The van der Waals surface area contributed by atoms with Crippen molar-refractivity contribution < 1.29 is 37.0 Å². The normalized spacial score (nSPS) is 3.50. The SMILES string of the molecule is CC(=O)O.O=[N+]([O-])O.[Co].[NH2-].[NH2-].[NH2-].[NH2-].[NH2-]. The first-order chi connectivity index (χ1) is 3.46.